The summed E-state index contributed by atoms with van der Waals surface area (Å²) in [6.07, 6.45) is -1.15. The highest BCUT2D eigenvalue weighted by molar-refractivity contribution is 5.74. The van der Waals surface area contributed by atoms with E-state index in [1.807, 2.05) is 0 Å². The summed E-state index contributed by atoms with van der Waals surface area (Å²) in [4.78, 5) is 10.4. The van der Waals surface area contributed by atoms with E-state index in [1.165, 1.54) is 0 Å². The number of hydrogen-bond donors (Lipinski definition) is 3. The van der Waals surface area contributed by atoms with Crippen LogP contribution in [0.4, 0.5) is 0 Å². The minimum Gasteiger partial charge on any atom is -0.480 e. The van der Waals surface area contributed by atoms with Crippen molar-refractivity contribution in [1.29, 1.82) is 0 Å². The molecule has 0 aliphatic rings. The van der Waals surface area contributed by atoms with Gasteiger partial charge in [0.05, 0.1) is 0 Å². The van der Waals surface area contributed by atoms with Gasteiger partial charge in [-0.3, -0.25) is 4.79 Å². The summed E-state index contributed by atoms with van der Waals surface area (Å²) in [5.41, 5.74) is 5.75. The molecule has 5 nitrogen and oxygen atoms in total. The third-order valence-corrected chi connectivity index (χ3v) is 1.77. The molecule has 0 fully saturated rings. The minimum atomic E-state index is -1.28. The van der Waals surface area contributed by atoms with Crippen LogP contribution in [-0.4, -0.2) is 27.7 Å². The molecule has 0 amide bonds. The Hall–Kier alpha value is -1.43. The molecule has 0 bridgehead atoms. The van der Waals surface area contributed by atoms with Crippen molar-refractivity contribution in [2.24, 2.45) is 5.73 Å². The average Bonchev–Trinajstić information content (AvgIpc) is 2.17. The van der Waals surface area contributed by atoms with Gasteiger partial charge in [0.25, 0.3) is 0 Å². The summed E-state index contributed by atoms with van der Waals surface area (Å²) in [6.45, 7) is 0. The van der Waals surface area contributed by atoms with Gasteiger partial charge in [-0.15, -0.1) is 0 Å². The molecule has 2 unspecified atom stereocenters. The van der Waals surface area contributed by atoms with E-state index < -0.39 is 18.1 Å². The SMILES string of the molecule is NC(C(=O)O)C(O)c1ccccc1.O. The number of aliphatic hydroxyl groups is 1. The summed E-state index contributed by atoms with van der Waals surface area (Å²) in [7, 11) is 0. The Morgan fingerprint density at radius 2 is 1.79 bits per heavy atom. The molecule has 1 aromatic rings. The van der Waals surface area contributed by atoms with Crippen LogP contribution < -0.4 is 5.73 Å². The Kier molecular flexibility index (Phi) is 4.79. The Morgan fingerprint density at radius 1 is 1.29 bits per heavy atom. The lowest BCUT2D eigenvalue weighted by molar-refractivity contribution is -0.141. The molecule has 5 heteroatoms. The van der Waals surface area contributed by atoms with Crippen molar-refractivity contribution in [1.82, 2.24) is 0 Å². The van der Waals surface area contributed by atoms with E-state index in [1.54, 1.807) is 30.3 Å². The quantitative estimate of drug-likeness (QED) is 0.597. The van der Waals surface area contributed by atoms with Crippen molar-refractivity contribution in [3.8, 4) is 0 Å². The first kappa shape index (κ1) is 12.6. The number of hydrogen-bond acceptors (Lipinski definition) is 3. The van der Waals surface area contributed by atoms with E-state index in [2.05, 4.69) is 0 Å². The smallest absolute Gasteiger partial charge is 0.323 e. The molecule has 78 valence electrons. The van der Waals surface area contributed by atoms with Crippen LogP contribution in [0.1, 0.15) is 11.7 Å². The number of benzene rings is 1. The largest absolute Gasteiger partial charge is 0.480 e. The normalized spacial score (nSPS) is 13.9. The van der Waals surface area contributed by atoms with Gasteiger partial charge in [0, 0.05) is 0 Å². The van der Waals surface area contributed by atoms with Crippen LogP contribution >= 0.6 is 0 Å². The van der Waals surface area contributed by atoms with Crippen LogP contribution in [0.5, 0.6) is 0 Å². The number of carboxylic acid groups (broad SMARTS) is 1. The highest BCUT2D eigenvalue weighted by atomic mass is 16.4. The van der Waals surface area contributed by atoms with Crippen LogP contribution in [0.25, 0.3) is 0 Å². The molecule has 0 saturated heterocycles. The summed E-state index contributed by atoms with van der Waals surface area (Å²) in [6, 6.07) is 7.20. The maximum absolute atomic E-state index is 10.4. The van der Waals surface area contributed by atoms with Crippen LogP contribution in [-0.2, 0) is 4.79 Å². The van der Waals surface area contributed by atoms with Crippen LogP contribution in [0.3, 0.4) is 0 Å². The van der Waals surface area contributed by atoms with E-state index in [-0.39, 0.29) is 5.48 Å². The molecular formula is C9H13NO4. The predicted molar refractivity (Wildman–Crippen MR) is 50.6 cm³/mol. The third kappa shape index (κ3) is 2.81. The molecule has 6 N–H and O–H groups in total. The van der Waals surface area contributed by atoms with E-state index >= 15 is 0 Å². The van der Waals surface area contributed by atoms with Crippen molar-refractivity contribution in [3.05, 3.63) is 35.9 Å². The van der Waals surface area contributed by atoms with Gasteiger partial charge in [-0.2, -0.15) is 0 Å². The molecule has 1 rings (SSSR count). The summed E-state index contributed by atoms with van der Waals surface area (Å²) in [5.74, 6) is -1.21. The fourth-order valence-corrected chi connectivity index (χ4v) is 0.993. The zero-order valence-electron chi connectivity index (χ0n) is 7.42. The molecule has 0 aromatic heterocycles. The lowest BCUT2D eigenvalue weighted by atomic mass is 10.0. The molecule has 0 heterocycles. The molecule has 0 radical (unpaired) electrons. The monoisotopic (exact) mass is 199 g/mol. The lowest BCUT2D eigenvalue weighted by Crippen LogP contribution is -2.36. The number of carbonyl (C=O) groups is 1. The Labute approximate surface area is 81.1 Å². The van der Waals surface area contributed by atoms with Gasteiger partial charge >= 0.3 is 5.97 Å². The van der Waals surface area contributed by atoms with Gasteiger partial charge in [-0.05, 0) is 5.56 Å². The molecular weight excluding hydrogens is 186 g/mol. The zero-order valence-corrected chi connectivity index (χ0v) is 7.42. The molecule has 0 spiro atoms. The number of aliphatic hydroxyl groups excluding tert-OH is 1. The average molecular weight is 199 g/mol. The molecule has 1 aromatic carbocycles. The molecule has 14 heavy (non-hydrogen) atoms. The summed E-state index contributed by atoms with van der Waals surface area (Å²) >= 11 is 0. The highest BCUT2D eigenvalue weighted by Crippen LogP contribution is 2.14. The van der Waals surface area contributed by atoms with Gasteiger partial charge in [0.15, 0.2) is 0 Å². The number of rotatable bonds is 3. The molecule has 0 saturated carbocycles. The van der Waals surface area contributed by atoms with E-state index in [0.717, 1.165) is 0 Å². The maximum Gasteiger partial charge on any atom is 0.323 e. The summed E-state index contributed by atoms with van der Waals surface area (Å²) in [5, 5.41) is 18.0. The fourth-order valence-electron chi connectivity index (χ4n) is 0.993. The summed E-state index contributed by atoms with van der Waals surface area (Å²) < 4.78 is 0. The first-order valence-electron chi connectivity index (χ1n) is 3.84. The fraction of sp³-hybridized carbons (Fsp3) is 0.222. The van der Waals surface area contributed by atoms with Crippen molar-refractivity contribution < 1.29 is 20.5 Å². The van der Waals surface area contributed by atoms with Gasteiger partial charge in [-0.1, -0.05) is 30.3 Å². The second kappa shape index (κ2) is 5.33. The van der Waals surface area contributed by atoms with Crippen LogP contribution in [0, 0.1) is 0 Å². The molecule has 0 aliphatic carbocycles. The van der Waals surface area contributed by atoms with E-state index in [4.69, 9.17) is 10.8 Å². The Bertz CT molecular complexity index is 288. The van der Waals surface area contributed by atoms with Crippen LogP contribution in [0.15, 0.2) is 30.3 Å². The van der Waals surface area contributed by atoms with Gasteiger partial charge in [0.2, 0.25) is 0 Å². The van der Waals surface area contributed by atoms with Gasteiger partial charge < -0.3 is 21.4 Å². The zero-order chi connectivity index (χ0) is 9.84. The number of nitrogens with two attached hydrogens (primary N) is 1. The standard InChI is InChI=1S/C9H11NO3.H2O/c10-7(9(12)13)8(11)6-4-2-1-3-5-6;/h1-5,7-8,11H,10H2,(H,12,13);1H2. The van der Waals surface area contributed by atoms with Gasteiger partial charge in [0.1, 0.15) is 12.1 Å². The molecule has 2 atom stereocenters. The van der Waals surface area contributed by atoms with Crippen molar-refractivity contribution in [2.45, 2.75) is 12.1 Å². The predicted octanol–water partition coefficient (Wildman–Crippen LogP) is -0.693. The second-order valence-corrected chi connectivity index (χ2v) is 2.72. The molecule has 0 aliphatic heterocycles. The number of carboxylic acids is 1. The first-order chi connectivity index (χ1) is 6.13. The Morgan fingerprint density at radius 3 is 2.21 bits per heavy atom. The van der Waals surface area contributed by atoms with E-state index in [9.17, 15) is 9.90 Å². The first-order valence-corrected chi connectivity index (χ1v) is 3.84. The second-order valence-electron chi connectivity index (χ2n) is 2.72. The van der Waals surface area contributed by atoms with Crippen molar-refractivity contribution in [2.75, 3.05) is 0 Å². The van der Waals surface area contributed by atoms with Gasteiger partial charge in [-0.25, -0.2) is 0 Å². The van der Waals surface area contributed by atoms with E-state index in [0.29, 0.717) is 5.56 Å². The highest BCUT2D eigenvalue weighted by Gasteiger charge is 2.22. The topological polar surface area (TPSA) is 115 Å². The lowest BCUT2D eigenvalue weighted by Gasteiger charge is -2.14. The maximum atomic E-state index is 10.4. The van der Waals surface area contributed by atoms with Crippen molar-refractivity contribution >= 4 is 5.97 Å². The Balaban J connectivity index is 0.00000169. The van der Waals surface area contributed by atoms with Crippen molar-refractivity contribution in [3.63, 3.8) is 0 Å². The minimum absolute atomic E-state index is 0. The third-order valence-electron chi connectivity index (χ3n) is 1.77. The number of aliphatic carboxylic acids is 1. The van der Waals surface area contributed by atoms with Crippen LogP contribution in [0.2, 0.25) is 0 Å².